The van der Waals surface area contributed by atoms with E-state index in [1.807, 2.05) is 0 Å². The molecule has 0 bridgehead atoms. The van der Waals surface area contributed by atoms with Gasteiger partial charge in [0, 0.05) is 16.2 Å². The number of hydrazine groups is 1. The molecule has 3 N–H and O–H groups in total. The average Bonchev–Trinajstić information content (AvgIpc) is 2.48. The largest absolute Gasteiger partial charge is 0.271 e. The van der Waals surface area contributed by atoms with Crippen molar-refractivity contribution < 1.29 is 13.2 Å². The van der Waals surface area contributed by atoms with E-state index in [2.05, 4.69) is 5.43 Å². The van der Waals surface area contributed by atoms with Gasteiger partial charge in [0.05, 0.1) is 6.04 Å². The summed E-state index contributed by atoms with van der Waals surface area (Å²) in [4.78, 5) is 0.409. The van der Waals surface area contributed by atoms with Gasteiger partial charge in [-0.05, 0) is 30.7 Å². The third-order valence-electron chi connectivity index (χ3n) is 3.11. The summed E-state index contributed by atoms with van der Waals surface area (Å²) in [5.74, 6) is 3.93. The van der Waals surface area contributed by atoms with Crippen LogP contribution in [0.25, 0.3) is 0 Å². The maximum Gasteiger partial charge on any atom is 0.136 e. The van der Waals surface area contributed by atoms with Crippen LogP contribution in [0.4, 0.5) is 13.2 Å². The minimum absolute atomic E-state index is 0.124. The summed E-state index contributed by atoms with van der Waals surface area (Å²) in [6.07, 6.45) is 0. The van der Waals surface area contributed by atoms with Crippen LogP contribution in [0.5, 0.6) is 0 Å². The highest BCUT2D eigenvalue weighted by atomic mass is 32.2. The van der Waals surface area contributed by atoms with Crippen LogP contribution >= 0.6 is 11.8 Å². The number of nitrogens with one attached hydrogen (secondary N) is 1. The molecule has 0 saturated heterocycles. The number of aryl methyl sites for hydroxylation is 1. The van der Waals surface area contributed by atoms with Gasteiger partial charge in [-0.3, -0.25) is 11.3 Å². The lowest BCUT2D eigenvalue weighted by molar-refractivity contribution is 0.496. The third-order valence-corrected chi connectivity index (χ3v) is 4.25. The zero-order chi connectivity index (χ0) is 15.4. The van der Waals surface area contributed by atoms with Crippen LogP contribution in [0, 0.1) is 24.4 Å². The second kappa shape index (κ2) is 6.98. The summed E-state index contributed by atoms with van der Waals surface area (Å²) < 4.78 is 41.5. The summed E-state index contributed by atoms with van der Waals surface area (Å²) in [6, 6.07) is 8.03. The lowest BCUT2D eigenvalue weighted by Gasteiger charge is -2.18. The molecule has 21 heavy (non-hydrogen) atoms. The van der Waals surface area contributed by atoms with Gasteiger partial charge in [0.25, 0.3) is 0 Å². The Morgan fingerprint density at radius 3 is 2.48 bits per heavy atom. The molecule has 0 spiro atoms. The van der Waals surface area contributed by atoms with E-state index in [1.165, 1.54) is 18.2 Å². The van der Waals surface area contributed by atoms with Gasteiger partial charge in [-0.15, -0.1) is 11.8 Å². The van der Waals surface area contributed by atoms with E-state index in [9.17, 15) is 13.2 Å². The van der Waals surface area contributed by atoms with Gasteiger partial charge in [0.15, 0.2) is 0 Å². The second-order valence-electron chi connectivity index (χ2n) is 4.55. The fraction of sp³-hybridized carbons (Fsp3) is 0.200. The van der Waals surface area contributed by atoms with E-state index in [4.69, 9.17) is 5.84 Å². The monoisotopic (exact) mass is 312 g/mol. The van der Waals surface area contributed by atoms with E-state index in [-0.39, 0.29) is 17.1 Å². The van der Waals surface area contributed by atoms with Gasteiger partial charge >= 0.3 is 0 Å². The molecule has 112 valence electrons. The predicted octanol–water partition coefficient (Wildman–Crippen LogP) is 3.71. The van der Waals surface area contributed by atoms with E-state index >= 15 is 0 Å². The quantitative estimate of drug-likeness (QED) is 0.502. The molecule has 0 aromatic heterocycles. The Balaban J connectivity index is 2.22. The van der Waals surface area contributed by atoms with Crippen LogP contribution in [0.15, 0.2) is 41.3 Å². The van der Waals surface area contributed by atoms with Crippen LogP contribution in [-0.2, 0) is 0 Å². The van der Waals surface area contributed by atoms with Crippen molar-refractivity contribution in [2.45, 2.75) is 17.9 Å². The lowest BCUT2D eigenvalue weighted by Crippen LogP contribution is -2.31. The SMILES string of the molecule is Cc1ccc(F)c(C(CSc2ccccc2F)NN)c1F. The predicted molar refractivity (Wildman–Crippen MR) is 78.3 cm³/mol. The standard InChI is InChI=1S/C15H15F3N2S/c1-9-6-7-11(17)14(15(9)18)12(20-19)8-21-13-5-3-2-4-10(13)16/h2-7,12,20H,8,19H2,1H3. The van der Waals surface area contributed by atoms with Gasteiger partial charge in [-0.25, -0.2) is 13.2 Å². The first-order valence-electron chi connectivity index (χ1n) is 6.32. The van der Waals surface area contributed by atoms with E-state index < -0.39 is 17.7 Å². The number of hydrogen-bond acceptors (Lipinski definition) is 3. The van der Waals surface area contributed by atoms with E-state index in [0.29, 0.717) is 10.5 Å². The van der Waals surface area contributed by atoms with Crippen LogP contribution in [0.1, 0.15) is 17.2 Å². The number of rotatable bonds is 5. The molecule has 1 unspecified atom stereocenters. The smallest absolute Gasteiger partial charge is 0.136 e. The first-order valence-corrected chi connectivity index (χ1v) is 7.31. The van der Waals surface area contributed by atoms with Crippen molar-refractivity contribution >= 4 is 11.8 Å². The van der Waals surface area contributed by atoms with Crippen molar-refractivity contribution in [2.24, 2.45) is 5.84 Å². The lowest BCUT2D eigenvalue weighted by atomic mass is 10.0. The van der Waals surface area contributed by atoms with Gasteiger partial charge in [-0.2, -0.15) is 0 Å². The molecule has 0 aliphatic carbocycles. The molecule has 2 nitrogen and oxygen atoms in total. The molecule has 0 aliphatic heterocycles. The molecule has 2 rings (SSSR count). The summed E-state index contributed by atoms with van der Waals surface area (Å²) in [5.41, 5.74) is 2.61. The van der Waals surface area contributed by atoms with Gasteiger partial charge in [0.1, 0.15) is 17.5 Å². The Morgan fingerprint density at radius 1 is 1.10 bits per heavy atom. The Bertz CT molecular complexity index is 634. The summed E-state index contributed by atoms with van der Waals surface area (Å²) >= 11 is 1.15. The third kappa shape index (κ3) is 3.58. The van der Waals surface area contributed by atoms with Crippen molar-refractivity contribution in [1.82, 2.24) is 5.43 Å². The summed E-state index contributed by atoms with van der Waals surface area (Å²) in [6.45, 7) is 1.55. The fourth-order valence-electron chi connectivity index (χ4n) is 1.95. The zero-order valence-electron chi connectivity index (χ0n) is 11.4. The number of hydrogen-bond donors (Lipinski definition) is 2. The molecular weight excluding hydrogens is 297 g/mol. The molecule has 6 heteroatoms. The molecule has 0 aliphatic rings. The van der Waals surface area contributed by atoms with Crippen molar-refractivity contribution in [1.29, 1.82) is 0 Å². The van der Waals surface area contributed by atoms with Crippen LogP contribution in [-0.4, -0.2) is 5.75 Å². The number of thioether (sulfide) groups is 1. The van der Waals surface area contributed by atoms with Gasteiger partial charge < -0.3 is 0 Å². The highest BCUT2D eigenvalue weighted by Gasteiger charge is 2.21. The summed E-state index contributed by atoms with van der Waals surface area (Å²) in [7, 11) is 0. The Morgan fingerprint density at radius 2 is 1.81 bits per heavy atom. The zero-order valence-corrected chi connectivity index (χ0v) is 12.2. The first kappa shape index (κ1) is 15.9. The molecule has 0 heterocycles. The molecule has 1 atom stereocenters. The minimum Gasteiger partial charge on any atom is -0.271 e. The van der Waals surface area contributed by atoms with Crippen LogP contribution in [0.3, 0.4) is 0 Å². The average molecular weight is 312 g/mol. The molecule has 2 aromatic carbocycles. The van der Waals surface area contributed by atoms with E-state index in [0.717, 1.165) is 11.8 Å². The van der Waals surface area contributed by atoms with Crippen molar-refractivity contribution in [3.8, 4) is 0 Å². The Hall–Kier alpha value is -1.50. The molecule has 0 fully saturated rings. The molecule has 2 aromatic rings. The maximum atomic E-state index is 14.1. The highest BCUT2D eigenvalue weighted by molar-refractivity contribution is 7.99. The number of nitrogens with two attached hydrogens (primary N) is 1. The fourth-order valence-corrected chi connectivity index (χ4v) is 2.94. The highest BCUT2D eigenvalue weighted by Crippen LogP contribution is 2.29. The van der Waals surface area contributed by atoms with Crippen molar-refractivity contribution in [3.05, 3.63) is 65.0 Å². The normalized spacial score (nSPS) is 12.4. The maximum absolute atomic E-state index is 14.1. The molecular formula is C15H15F3N2S. The van der Waals surface area contributed by atoms with Gasteiger partial charge in [0.2, 0.25) is 0 Å². The van der Waals surface area contributed by atoms with Crippen molar-refractivity contribution in [2.75, 3.05) is 5.75 Å². The van der Waals surface area contributed by atoms with Crippen LogP contribution in [0.2, 0.25) is 0 Å². The van der Waals surface area contributed by atoms with Crippen molar-refractivity contribution in [3.63, 3.8) is 0 Å². The second-order valence-corrected chi connectivity index (χ2v) is 5.61. The number of halogens is 3. The van der Waals surface area contributed by atoms with Gasteiger partial charge in [-0.1, -0.05) is 18.2 Å². The number of benzene rings is 2. The Labute approximate surface area is 125 Å². The molecule has 0 radical (unpaired) electrons. The topological polar surface area (TPSA) is 38.0 Å². The van der Waals surface area contributed by atoms with Crippen LogP contribution < -0.4 is 11.3 Å². The van der Waals surface area contributed by atoms with E-state index in [1.54, 1.807) is 25.1 Å². The Kier molecular flexibility index (Phi) is 5.27. The molecule has 0 saturated carbocycles. The minimum atomic E-state index is -0.755. The molecule has 0 amide bonds. The first-order chi connectivity index (χ1) is 10.0. The summed E-state index contributed by atoms with van der Waals surface area (Å²) in [5, 5.41) is 0.